The van der Waals surface area contributed by atoms with Crippen LogP contribution >= 0.6 is 11.6 Å². The Balaban J connectivity index is 2.02. The Bertz CT molecular complexity index is 893. The zero-order chi connectivity index (χ0) is 21.7. The number of hydrogen-bond donors (Lipinski definition) is 1. The fourth-order valence-electron chi connectivity index (χ4n) is 3.43. The lowest BCUT2D eigenvalue weighted by molar-refractivity contribution is -0.172. The van der Waals surface area contributed by atoms with Gasteiger partial charge < -0.3 is 19.9 Å². The van der Waals surface area contributed by atoms with Crippen molar-refractivity contribution in [3.05, 3.63) is 22.7 Å². The summed E-state index contributed by atoms with van der Waals surface area (Å²) in [4.78, 5) is 40.2. The maximum absolute atomic E-state index is 15.7. The maximum Gasteiger partial charge on any atom is 0.351 e. The number of alkyl halides is 2. The monoisotopic (exact) mass is 431 g/mol. The minimum Gasteiger partial charge on any atom is -0.454 e. The van der Waals surface area contributed by atoms with Gasteiger partial charge in [-0.1, -0.05) is 27.7 Å². The fraction of sp³-hybridized carbons (Fsp3) is 0.667. The van der Waals surface area contributed by atoms with Gasteiger partial charge in [0.2, 0.25) is 5.60 Å². The van der Waals surface area contributed by atoms with E-state index >= 15 is 4.39 Å². The summed E-state index contributed by atoms with van der Waals surface area (Å²) < 4.78 is 33.3. The van der Waals surface area contributed by atoms with Gasteiger partial charge in [-0.05, 0) is 6.07 Å². The van der Waals surface area contributed by atoms with Gasteiger partial charge in [-0.2, -0.15) is 4.98 Å². The van der Waals surface area contributed by atoms with Crippen LogP contribution in [0.25, 0.3) is 0 Å². The first-order valence-corrected chi connectivity index (χ1v) is 9.71. The molecule has 0 spiro atoms. The molecule has 1 unspecified atom stereocenters. The summed E-state index contributed by atoms with van der Waals surface area (Å²) in [5.74, 6) is -2.78. The standard InChI is InChI=1S/C18H23ClFN3O6/c1-8(2)13(24)27-15-17(7-19)18(15,29-14(25)9(3)4)11(20)12(28-17)23-6-5-10(21)22-16(23)26/h5-6,8-9,11-12,15H,7H2,1-4H3,(H2,21,22,26)/t11-,12+,15?,17+,18+/m0/s1. The van der Waals surface area contributed by atoms with Gasteiger partial charge in [-0.3, -0.25) is 14.2 Å². The van der Waals surface area contributed by atoms with Crippen LogP contribution in [0.2, 0.25) is 0 Å². The summed E-state index contributed by atoms with van der Waals surface area (Å²) in [7, 11) is 0. The molecule has 1 saturated carbocycles. The number of nitrogens with zero attached hydrogens (tertiary/aromatic N) is 2. The van der Waals surface area contributed by atoms with Crippen molar-refractivity contribution in [2.45, 2.75) is 57.4 Å². The highest BCUT2D eigenvalue weighted by molar-refractivity contribution is 6.19. The molecule has 2 N–H and O–H groups in total. The van der Waals surface area contributed by atoms with Gasteiger partial charge >= 0.3 is 17.6 Å². The summed E-state index contributed by atoms with van der Waals surface area (Å²) in [5, 5.41) is 0. The Morgan fingerprint density at radius 3 is 2.48 bits per heavy atom. The summed E-state index contributed by atoms with van der Waals surface area (Å²) in [6.07, 6.45) is -3.55. The van der Waals surface area contributed by atoms with E-state index in [1.807, 2.05) is 0 Å². The molecule has 2 heterocycles. The van der Waals surface area contributed by atoms with E-state index in [-0.39, 0.29) is 11.7 Å². The normalized spacial score (nSPS) is 32.9. The average molecular weight is 432 g/mol. The number of hydrogen-bond acceptors (Lipinski definition) is 8. The number of aromatic nitrogens is 2. The molecule has 160 valence electrons. The first-order valence-electron chi connectivity index (χ1n) is 9.17. The van der Waals surface area contributed by atoms with Crippen molar-refractivity contribution in [2.24, 2.45) is 11.8 Å². The summed E-state index contributed by atoms with van der Waals surface area (Å²) in [6.45, 7) is 6.37. The Hall–Kier alpha value is -2.20. The number of halogens is 2. The molecule has 5 atom stereocenters. The van der Waals surface area contributed by atoms with E-state index in [4.69, 9.17) is 31.5 Å². The number of nitrogen functional groups attached to an aromatic ring is 1. The van der Waals surface area contributed by atoms with Gasteiger partial charge in [-0.15, -0.1) is 11.6 Å². The summed E-state index contributed by atoms with van der Waals surface area (Å²) >= 11 is 6.09. The molecule has 1 aliphatic carbocycles. The maximum atomic E-state index is 15.7. The number of fused-ring (bicyclic) bond motifs is 1. The third kappa shape index (κ3) is 3.09. The van der Waals surface area contributed by atoms with Crippen LogP contribution < -0.4 is 11.4 Å². The Labute approximate surface area is 171 Å². The lowest BCUT2D eigenvalue weighted by atomic mass is 10.1. The molecule has 9 nitrogen and oxygen atoms in total. The van der Waals surface area contributed by atoms with E-state index in [1.54, 1.807) is 27.7 Å². The third-order valence-electron chi connectivity index (χ3n) is 5.15. The molecule has 0 radical (unpaired) electrons. The lowest BCUT2D eigenvalue weighted by Gasteiger charge is -2.25. The molecule has 0 aromatic carbocycles. The molecule has 0 bridgehead atoms. The van der Waals surface area contributed by atoms with E-state index < -0.39 is 59.2 Å². The van der Waals surface area contributed by atoms with E-state index in [1.165, 1.54) is 12.3 Å². The van der Waals surface area contributed by atoms with E-state index in [0.717, 1.165) is 4.57 Å². The Morgan fingerprint density at radius 2 is 1.97 bits per heavy atom. The molecular formula is C18H23ClFN3O6. The van der Waals surface area contributed by atoms with Crippen LogP contribution in [0.3, 0.4) is 0 Å². The predicted octanol–water partition coefficient (Wildman–Crippen LogP) is 1.19. The first kappa shape index (κ1) is 21.5. The van der Waals surface area contributed by atoms with Gasteiger partial charge in [0.25, 0.3) is 0 Å². The first-order chi connectivity index (χ1) is 13.5. The van der Waals surface area contributed by atoms with Crippen molar-refractivity contribution >= 4 is 29.4 Å². The number of ether oxygens (including phenoxy) is 3. The third-order valence-corrected chi connectivity index (χ3v) is 5.55. The Morgan fingerprint density at radius 1 is 1.34 bits per heavy atom. The second-order valence-electron chi connectivity index (χ2n) is 7.82. The lowest BCUT2D eigenvalue weighted by Crippen LogP contribution is -2.42. The summed E-state index contributed by atoms with van der Waals surface area (Å²) in [6, 6.07) is 1.30. The molecular weight excluding hydrogens is 409 g/mol. The Kier molecular flexibility index (Phi) is 5.37. The molecule has 2 fully saturated rings. The number of carbonyl (C=O) groups is 2. The predicted molar refractivity (Wildman–Crippen MR) is 99.8 cm³/mol. The van der Waals surface area contributed by atoms with Crippen molar-refractivity contribution in [2.75, 3.05) is 11.6 Å². The molecule has 2 aliphatic rings. The van der Waals surface area contributed by atoms with Crippen molar-refractivity contribution < 1.29 is 28.2 Å². The van der Waals surface area contributed by atoms with Gasteiger partial charge in [0.1, 0.15) is 5.82 Å². The largest absolute Gasteiger partial charge is 0.454 e. The number of esters is 2. The van der Waals surface area contributed by atoms with Crippen LogP contribution in [0.4, 0.5) is 10.2 Å². The van der Waals surface area contributed by atoms with Crippen LogP contribution in [-0.2, 0) is 23.8 Å². The average Bonchev–Trinajstić information content (AvgIpc) is 3.08. The van der Waals surface area contributed by atoms with E-state index in [9.17, 15) is 14.4 Å². The summed E-state index contributed by atoms with van der Waals surface area (Å²) in [5.41, 5.74) is 1.03. The minimum absolute atomic E-state index is 0.0402. The fourth-order valence-corrected chi connectivity index (χ4v) is 3.84. The molecule has 1 aromatic heterocycles. The molecule has 29 heavy (non-hydrogen) atoms. The highest BCUT2D eigenvalue weighted by Crippen LogP contribution is 2.67. The number of rotatable bonds is 6. The van der Waals surface area contributed by atoms with Gasteiger partial charge in [-0.25, -0.2) is 9.18 Å². The highest BCUT2D eigenvalue weighted by atomic mass is 35.5. The topological polar surface area (TPSA) is 123 Å². The van der Waals surface area contributed by atoms with E-state index in [2.05, 4.69) is 4.98 Å². The zero-order valence-electron chi connectivity index (χ0n) is 16.4. The quantitative estimate of drug-likeness (QED) is 0.526. The van der Waals surface area contributed by atoms with Crippen molar-refractivity contribution in [1.29, 1.82) is 0 Å². The van der Waals surface area contributed by atoms with Crippen LogP contribution in [-0.4, -0.2) is 50.8 Å². The number of anilines is 1. The minimum atomic E-state index is -2.04. The van der Waals surface area contributed by atoms with Crippen LogP contribution in [0, 0.1) is 11.8 Å². The molecule has 11 heteroatoms. The van der Waals surface area contributed by atoms with Crippen LogP contribution in [0.15, 0.2) is 17.1 Å². The zero-order valence-corrected chi connectivity index (χ0v) is 17.2. The molecule has 1 saturated heterocycles. The molecule has 3 rings (SSSR count). The SMILES string of the molecule is CC(C)C(=O)OC1[C@@]2(CCl)O[C@@H](n3ccc(N)nc3=O)[C@H](F)[C@@]12OC(=O)C(C)C. The number of carbonyl (C=O) groups excluding carboxylic acids is 2. The molecule has 1 aromatic rings. The number of nitrogens with two attached hydrogens (primary N) is 1. The van der Waals surface area contributed by atoms with Crippen molar-refractivity contribution in [3.63, 3.8) is 0 Å². The van der Waals surface area contributed by atoms with Gasteiger partial charge in [0.05, 0.1) is 17.7 Å². The van der Waals surface area contributed by atoms with Gasteiger partial charge in [0, 0.05) is 6.20 Å². The van der Waals surface area contributed by atoms with E-state index in [0.29, 0.717) is 0 Å². The van der Waals surface area contributed by atoms with Crippen LogP contribution in [0.5, 0.6) is 0 Å². The second-order valence-corrected chi connectivity index (χ2v) is 8.08. The smallest absolute Gasteiger partial charge is 0.351 e. The molecule has 0 amide bonds. The van der Waals surface area contributed by atoms with Crippen molar-refractivity contribution in [1.82, 2.24) is 9.55 Å². The van der Waals surface area contributed by atoms with Crippen LogP contribution in [0.1, 0.15) is 33.9 Å². The molecule has 1 aliphatic heterocycles. The second kappa shape index (κ2) is 7.24. The van der Waals surface area contributed by atoms with Crippen molar-refractivity contribution in [3.8, 4) is 0 Å². The van der Waals surface area contributed by atoms with Gasteiger partial charge in [0.15, 0.2) is 24.1 Å². The highest BCUT2D eigenvalue weighted by Gasteiger charge is 2.93.